The zero-order valence-corrected chi connectivity index (χ0v) is 19.0. The minimum Gasteiger partial charge on any atom is -0.462 e. The lowest BCUT2D eigenvalue weighted by atomic mass is 9.88. The third-order valence-electron chi connectivity index (χ3n) is 5.30. The number of benzene rings is 1. The molecule has 4 rings (SSSR count). The number of nitrogens with one attached hydrogen (secondary N) is 2. The average molecular weight is 470 g/mol. The second-order valence-electron chi connectivity index (χ2n) is 7.71. The van der Waals surface area contributed by atoms with E-state index in [2.05, 4.69) is 32.9 Å². The van der Waals surface area contributed by atoms with Gasteiger partial charge in [0.15, 0.2) is 6.61 Å². The Morgan fingerprint density at radius 1 is 1.18 bits per heavy atom. The number of H-pyrrole nitrogens is 1. The molecule has 172 valence electrons. The standard InChI is InChI=1S/C22H23N5O5S/c1-3-31-22(30)18-15-9-4-12(2)10-16(15)33-20(18)23-17(28)11-32-21(29)14-7-5-13(6-8-14)19-24-26-27-25-19/h5-8,12H,3-4,9-11H2,1-2H3,(H,23,28)(H,24,25,26,27). The molecular formula is C22H23N5O5S. The van der Waals surface area contributed by atoms with Gasteiger partial charge in [-0.1, -0.05) is 19.1 Å². The lowest BCUT2D eigenvalue weighted by molar-refractivity contribution is -0.119. The van der Waals surface area contributed by atoms with E-state index < -0.39 is 24.5 Å². The highest BCUT2D eigenvalue weighted by atomic mass is 32.1. The number of tetrazole rings is 1. The van der Waals surface area contributed by atoms with Crippen molar-refractivity contribution in [2.45, 2.75) is 33.1 Å². The van der Waals surface area contributed by atoms with Crippen LogP contribution in [0.25, 0.3) is 11.4 Å². The monoisotopic (exact) mass is 469 g/mol. The minimum atomic E-state index is -0.644. The van der Waals surface area contributed by atoms with Crippen LogP contribution in [0.15, 0.2) is 24.3 Å². The number of amides is 1. The lowest BCUT2D eigenvalue weighted by Crippen LogP contribution is -2.22. The van der Waals surface area contributed by atoms with Crippen LogP contribution in [0.1, 0.15) is 51.4 Å². The van der Waals surface area contributed by atoms with E-state index in [4.69, 9.17) is 9.47 Å². The summed E-state index contributed by atoms with van der Waals surface area (Å²) >= 11 is 1.39. The van der Waals surface area contributed by atoms with Crippen molar-refractivity contribution in [1.29, 1.82) is 0 Å². The second-order valence-corrected chi connectivity index (χ2v) is 8.82. The SMILES string of the molecule is CCOC(=O)c1c(NC(=O)COC(=O)c2ccc(-c3nn[nH]n3)cc2)sc2c1CCC(C)C2. The topological polar surface area (TPSA) is 136 Å². The molecule has 1 aliphatic rings. The first-order valence-electron chi connectivity index (χ1n) is 10.6. The summed E-state index contributed by atoms with van der Waals surface area (Å²) in [5.74, 6) is -0.695. The summed E-state index contributed by atoms with van der Waals surface area (Å²) < 4.78 is 10.4. The molecule has 1 unspecified atom stereocenters. The maximum absolute atomic E-state index is 12.6. The van der Waals surface area contributed by atoms with Crippen LogP contribution < -0.4 is 5.32 Å². The quantitative estimate of drug-likeness (QED) is 0.504. The van der Waals surface area contributed by atoms with Crippen molar-refractivity contribution in [2.24, 2.45) is 5.92 Å². The first-order valence-corrected chi connectivity index (χ1v) is 11.4. The first kappa shape index (κ1) is 22.6. The van der Waals surface area contributed by atoms with E-state index in [1.807, 2.05) is 0 Å². The van der Waals surface area contributed by atoms with Crippen molar-refractivity contribution >= 4 is 34.2 Å². The van der Waals surface area contributed by atoms with Gasteiger partial charge >= 0.3 is 11.9 Å². The van der Waals surface area contributed by atoms with Gasteiger partial charge in [0.2, 0.25) is 5.82 Å². The summed E-state index contributed by atoms with van der Waals surface area (Å²) in [5.41, 5.74) is 2.33. The molecule has 0 saturated carbocycles. The number of esters is 2. The Morgan fingerprint density at radius 3 is 2.67 bits per heavy atom. The van der Waals surface area contributed by atoms with Crippen molar-refractivity contribution in [3.8, 4) is 11.4 Å². The molecule has 3 aromatic rings. The number of fused-ring (bicyclic) bond motifs is 1. The predicted molar refractivity (Wildman–Crippen MR) is 120 cm³/mol. The molecule has 0 spiro atoms. The number of carbonyl (C=O) groups excluding carboxylic acids is 3. The highest BCUT2D eigenvalue weighted by molar-refractivity contribution is 7.17. The molecule has 1 aliphatic carbocycles. The summed E-state index contributed by atoms with van der Waals surface area (Å²) in [6.07, 6.45) is 2.61. The maximum atomic E-state index is 12.6. The van der Waals surface area contributed by atoms with Crippen LogP contribution in [-0.4, -0.2) is 51.7 Å². The molecule has 10 nitrogen and oxygen atoms in total. The third-order valence-corrected chi connectivity index (χ3v) is 6.47. The van der Waals surface area contributed by atoms with E-state index in [0.29, 0.717) is 27.9 Å². The number of aromatic amines is 1. The smallest absolute Gasteiger partial charge is 0.341 e. The van der Waals surface area contributed by atoms with Gasteiger partial charge in [-0.3, -0.25) is 4.79 Å². The fraction of sp³-hybridized carbons (Fsp3) is 0.364. The Balaban J connectivity index is 1.40. The minimum absolute atomic E-state index is 0.246. The highest BCUT2D eigenvalue weighted by Crippen LogP contribution is 2.40. The maximum Gasteiger partial charge on any atom is 0.341 e. The molecule has 11 heteroatoms. The van der Waals surface area contributed by atoms with E-state index in [0.717, 1.165) is 29.7 Å². The molecule has 33 heavy (non-hydrogen) atoms. The number of rotatable bonds is 7. The molecule has 0 saturated heterocycles. The molecule has 0 aliphatic heterocycles. The Morgan fingerprint density at radius 2 is 1.97 bits per heavy atom. The summed E-state index contributed by atoms with van der Waals surface area (Å²) in [6.45, 7) is 3.67. The van der Waals surface area contributed by atoms with Gasteiger partial charge in [-0.25, -0.2) is 9.59 Å². The largest absolute Gasteiger partial charge is 0.462 e. The van der Waals surface area contributed by atoms with Crippen LogP contribution in [-0.2, 0) is 27.1 Å². The fourth-order valence-electron chi connectivity index (χ4n) is 3.67. The van der Waals surface area contributed by atoms with Crippen LogP contribution in [0.3, 0.4) is 0 Å². The van der Waals surface area contributed by atoms with Gasteiger partial charge in [-0.05, 0) is 55.0 Å². The second kappa shape index (κ2) is 9.90. The summed E-state index contributed by atoms with van der Waals surface area (Å²) in [5, 5.41) is 16.8. The van der Waals surface area contributed by atoms with Gasteiger partial charge in [0.05, 0.1) is 17.7 Å². The summed E-state index contributed by atoms with van der Waals surface area (Å²) in [7, 11) is 0. The van der Waals surface area contributed by atoms with Crippen LogP contribution in [0.4, 0.5) is 5.00 Å². The van der Waals surface area contributed by atoms with Gasteiger partial charge in [-0.2, -0.15) is 5.21 Å². The molecular weight excluding hydrogens is 446 g/mol. The normalized spacial score (nSPS) is 14.9. The van der Waals surface area contributed by atoms with E-state index >= 15 is 0 Å². The zero-order chi connectivity index (χ0) is 23.4. The van der Waals surface area contributed by atoms with Crippen LogP contribution in [0, 0.1) is 5.92 Å². The Hall–Kier alpha value is -3.60. The van der Waals surface area contributed by atoms with E-state index in [1.54, 1.807) is 31.2 Å². The fourth-order valence-corrected chi connectivity index (χ4v) is 5.09. The van der Waals surface area contributed by atoms with Crippen molar-refractivity contribution < 1.29 is 23.9 Å². The number of hydrogen-bond donors (Lipinski definition) is 2. The molecule has 1 atom stereocenters. The van der Waals surface area contributed by atoms with Crippen LogP contribution >= 0.6 is 11.3 Å². The van der Waals surface area contributed by atoms with Crippen molar-refractivity contribution in [3.63, 3.8) is 0 Å². The van der Waals surface area contributed by atoms with Gasteiger partial charge in [-0.15, -0.1) is 21.5 Å². The molecule has 2 aromatic heterocycles. The Kier molecular flexibility index (Phi) is 6.78. The molecule has 2 N–H and O–H groups in total. The van der Waals surface area contributed by atoms with Gasteiger partial charge in [0.25, 0.3) is 5.91 Å². The molecule has 2 heterocycles. The number of hydrogen-bond acceptors (Lipinski definition) is 9. The van der Waals surface area contributed by atoms with Crippen LogP contribution in [0.5, 0.6) is 0 Å². The number of carbonyl (C=O) groups is 3. The summed E-state index contributed by atoms with van der Waals surface area (Å²) in [6, 6.07) is 6.42. The molecule has 0 fully saturated rings. The third kappa shape index (κ3) is 5.08. The molecule has 0 bridgehead atoms. The number of anilines is 1. The zero-order valence-electron chi connectivity index (χ0n) is 18.2. The van der Waals surface area contributed by atoms with Gasteiger partial charge in [0, 0.05) is 10.4 Å². The van der Waals surface area contributed by atoms with Crippen molar-refractivity contribution in [2.75, 3.05) is 18.5 Å². The van der Waals surface area contributed by atoms with E-state index in [9.17, 15) is 14.4 Å². The number of ether oxygens (including phenoxy) is 2. The molecule has 1 amide bonds. The predicted octanol–water partition coefficient (Wildman–Crippen LogP) is 3.03. The van der Waals surface area contributed by atoms with Crippen molar-refractivity contribution in [1.82, 2.24) is 20.6 Å². The molecule has 0 radical (unpaired) electrons. The Bertz CT molecular complexity index is 1160. The number of nitrogens with zero attached hydrogens (tertiary/aromatic N) is 3. The van der Waals surface area contributed by atoms with Gasteiger partial charge in [0.1, 0.15) is 5.00 Å². The number of thiophene rings is 1. The molecule has 1 aromatic carbocycles. The van der Waals surface area contributed by atoms with Crippen molar-refractivity contribution in [3.05, 3.63) is 45.8 Å². The Labute approximate surface area is 193 Å². The van der Waals surface area contributed by atoms with E-state index in [1.165, 1.54) is 11.3 Å². The van der Waals surface area contributed by atoms with Crippen LogP contribution in [0.2, 0.25) is 0 Å². The van der Waals surface area contributed by atoms with Gasteiger partial charge < -0.3 is 14.8 Å². The lowest BCUT2D eigenvalue weighted by Gasteiger charge is -2.18. The summed E-state index contributed by atoms with van der Waals surface area (Å²) in [4.78, 5) is 38.5. The van der Waals surface area contributed by atoms with E-state index in [-0.39, 0.29) is 12.2 Å². The average Bonchev–Trinajstić information content (AvgIpc) is 3.45. The first-order chi connectivity index (χ1) is 16.0. The number of aromatic nitrogens is 4. The highest BCUT2D eigenvalue weighted by Gasteiger charge is 2.29.